The molecule has 48 heavy (non-hydrogen) atoms. The molecule has 0 aliphatic rings. The lowest BCUT2D eigenvalue weighted by molar-refractivity contribution is -0.114. The lowest BCUT2D eigenvalue weighted by Gasteiger charge is -2.15. The van der Waals surface area contributed by atoms with Crippen molar-refractivity contribution in [2.24, 2.45) is 0 Å². The summed E-state index contributed by atoms with van der Waals surface area (Å²) in [5.41, 5.74) is 2.03. The predicted molar refractivity (Wildman–Crippen MR) is 189 cm³/mol. The molecule has 0 heterocycles. The van der Waals surface area contributed by atoms with Crippen LogP contribution in [-0.4, -0.2) is 51.4 Å². The van der Waals surface area contributed by atoms with E-state index in [1.165, 1.54) is 39.2 Å². The van der Waals surface area contributed by atoms with E-state index in [9.17, 15) is 14.4 Å². The van der Waals surface area contributed by atoms with Gasteiger partial charge in [-0.25, -0.2) is 0 Å². The molecule has 11 heteroatoms. The summed E-state index contributed by atoms with van der Waals surface area (Å²) in [6, 6.07) is 26.2. The summed E-state index contributed by atoms with van der Waals surface area (Å²) in [6.07, 6.45) is 3.56. The van der Waals surface area contributed by atoms with Crippen LogP contribution in [-0.2, 0) is 9.59 Å². The molecule has 0 aliphatic heterocycles. The highest BCUT2D eigenvalue weighted by Crippen LogP contribution is 2.35. The Bertz CT molecular complexity index is 1710. The molecule has 4 aromatic carbocycles. The number of carbonyl (C=O) groups excluding carboxylic acids is 3. The molecular weight excluding hydrogens is 630 g/mol. The zero-order valence-electron chi connectivity index (χ0n) is 27.3. The molecule has 4 aromatic rings. The van der Waals surface area contributed by atoms with Gasteiger partial charge in [0.2, 0.25) is 5.91 Å². The van der Waals surface area contributed by atoms with Gasteiger partial charge in [0.25, 0.3) is 11.8 Å². The summed E-state index contributed by atoms with van der Waals surface area (Å²) < 4.78 is 22.0. The van der Waals surface area contributed by atoms with Gasteiger partial charge < -0.3 is 34.9 Å². The van der Waals surface area contributed by atoms with Crippen molar-refractivity contribution in [3.8, 4) is 23.0 Å². The minimum absolute atomic E-state index is 0.0231. The number of carbonyl (C=O) groups is 3. The summed E-state index contributed by atoms with van der Waals surface area (Å²) in [4.78, 5) is 40.0. The van der Waals surface area contributed by atoms with Gasteiger partial charge in [-0.05, 0) is 79.2 Å². The van der Waals surface area contributed by atoms with E-state index in [2.05, 4.69) is 22.9 Å². The average molecular weight is 670 g/mol. The van der Waals surface area contributed by atoms with Crippen molar-refractivity contribution in [3.63, 3.8) is 0 Å². The third-order valence-electron chi connectivity index (χ3n) is 6.95. The average Bonchev–Trinajstić information content (AvgIpc) is 3.11. The molecule has 0 unspecified atom stereocenters. The van der Waals surface area contributed by atoms with Crippen LogP contribution in [0.25, 0.3) is 6.08 Å². The Morgan fingerprint density at radius 1 is 0.750 bits per heavy atom. The van der Waals surface area contributed by atoms with E-state index in [-0.39, 0.29) is 17.4 Å². The normalized spacial score (nSPS) is 10.9. The van der Waals surface area contributed by atoms with Gasteiger partial charge >= 0.3 is 0 Å². The molecule has 3 amide bonds. The molecule has 0 spiro atoms. The van der Waals surface area contributed by atoms with E-state index in [0.717, 1.165) is 23.5 Å². The van der Waals surface area contributed by atoms with Gasteiger partial charge in [0.15, 0.2) is 11.5 Å². The second-order valence-electron chi connectivity index (χ2n) is 10.4. The van der Waals surface area contributed by atoms with Gasteiger partial charge in [0, 0.05) is 33.5 Å². The Morgan fingerprint density at radius 3 is 2.02 bits per heavy atom. The molecule has 0 aromatic heterocycles. The van der Waals surface area contributed by atoms with E-state index >= 15 is 0 Å². The molecule has 3 N–H and O–H groups in total. The molecule has 0 saturated heterocycles. The van der Waals surface area contributed by atoms with E-state index in [0.29, 0.717) is 46.4 Å². The third-order valence-corrected chi connectivity index (χ3v) is 7.96. The van der Waals surface area contributed by atoms with Crippen molar-refractivity contribution < 1.29 is 33.3 Å². The maximum atomic E-state index is 13.6. The number of hydrogen-bond acceptors (Lipinski definition) is 8. The highest BCUT2D eigenvalue weighted by atomic mass is 32.2. The molecule has 250 valence electrons. The second-order valence-corrected chi connectivity index (χ2v) is 11.4. The Kier molecular flexibility index (Phi) is 13.3. The van der Waals surface area contributed by atoms with Crippen LogP contribution in [0.1, 0.15) is 35.7 Å². The number of ether oxygens (including phenoxy) is 4. The SMILES string of the molecule is CCCCOc1ccc(NC(=O)CSc2ccc(NC(=O)/C(=C/c3cc(OC)c(OC)cc3OC)NC(=O)c3ccccc3)cc2)cc1. The van der Waals surface area contributed by atoms with Crippen LogP contribution < -0.4 is 34.9 Å². The topological polar surface area (TPSA) is 124 Å². The standard InChI is InChI=1S/C37H39N3O7S/c1-5-6-20-47-29-16-12-27(13-17-29)38-35(41)24-48-30-18-14-28(15-19-30)39-37(43)31(40-36(42)25-10-8-7-9-11-25)21-26-22-33(45-3)34(46-4)23-32(26)44-2/h7-19,21-23H,5-6,20,24H2,1-4H3,(H,38,41)(H,39,43)(H,40,42)/b31-21-. The fourth-order valence-corrected chi connectivity index (χ4v) is 5.11. The molecule has 0 radical (unpaired) electrons. The van der Waals surface area contributed by atoms with Gasteiger partial charge in [-0.1, -0.05) is 31.5 Å². The number of hydrogen-bond donors (Lipinski definition) is 3. The van der Waals surface area contributed by atoms with E-state index in [1.54, 1.807) is 66.7 Å². The van der Waals surface area contributed by atoms with Gasteiger partial charge in [-0.15, -0.1) is 11.8 Å². The highest BCUT2D eigenvalue weighted by Gasteiger charge is 2.18. The summed E-state index contributed by atoms with van der Waals surface area (Å²) in [5, 5.41) is 8.45. The zero-order chi connectivity index (χ0) is 34.3. The first-order valence-electron chi connectivity index (χ1n) is 15.3. The van der Waals surface area contributed by atoms with Gasteiger partial charge in [-0.3, -0.25) is 14.4 Å². The Morgan fingerprint density at radius 2 is 1.38 bits per heavy atom. The third kappa shape index (κ3) is 10.3. The fourth-order valence-electron chi connectivity index (χ4n) is 4.41. The summed E-state index contributed by atoms with van der Waals surface area (Å²) in [7, 11) is 4.50. The van der Waals surface area contributed by atoms with Gasteiger partial charge in [0.1, 0.15) is 17.2 Å². The van der Waals surface area contributed by atoms with Gasteiger partial charge in [0.05, 0.1) is 33.7 Å². The fraction of sp³-hybridized carbons (Fsp3) is 0.216. The van der Waals surface area contributed by atoms with Crippen molar-refractivity contribution in [3.05, 3.63) is 108 Å². The quantitative estimate of drug-likeness (QED) is 0.0660. The number of rotatable bonds is 16. The van der Waals surface area contributed by atoms with Crippen molar-refractivity contribution in [1.82, 2.24) is 5.32 Å². The highest BCUT2D eigenvalue weighted by molar-refractivity contribution is 8.00. The number of methoxy groups -OCH3 is 3. The minimum atomic E-state index is -0.558. The van der Waals surface area contributed by atoms with Crippen LogP contribution in [0.3, 0.4) is 0 Å². The van der Waals surface area contributed by atoms with E-state index in [1.807, 2.05) is 24.3 Å². The summed E-state index contributed by atoms with van der Waals surface area (Å²) in [5.74, 6) is 1.08. The maximum absolute atomic E-state index is 13.6. The monoisotopic (exact) mass is 669 g/mol. The maximum Gasteiger partial charge on any atom is 0.272 e. The molecule has 0 atom stereocenters. The lowest BCUT2D eigenvalue weighted by Crippen LogP contribution is -2.30. The first-order valence-corrected chi connectivity index (χ1v) is 16.3. The number of unbranched alkanes of at least 4 members (excludes halogenated alkanes) is 1. The molecule has 0 saturated carbocycles. The zero-order valence-corrected chi connectivity index (χ0v) is 28.1. The van der Waals surface area contributed by atoms with Crippen LogP contribution in [0.15, 0.2) is 102 Å². The summed E-state index contributed by atoms with van der Waals surface area (Å²) >= 11 is 1.36. The van der Waals surface area contributed by atoms with Crippen LogP contribution in [0.2, 0.25) is 0 Å². The van der Waals surface area contributed by atoms with Crippen LogP contribution in [0, 0.1) is 0 Å². The molecule has 0 aliphatic carbocycles. The van der Waals surface area contributed by atoms with E-state index in [4.69, 9.17) is 18.9 Å². The Labute approximate surface area is 284 Å². The molecular formula is C37H39N3O7S. The van der Waals surface area contributed by atoms with Crippen LogP contribution in [0.5, 0.6) is 23.0 Å². The second kappa shape index (κ2) is 18.1. The predicted octanol–water partition coefficient (Wildman–Crippen LogP) is 7.03. The Balaban J connectivity index is 1.43. The van der Waals surface area contributed by atoms with Crippen molar-refractivity contribution in [1.29, 1.82) is 0 Å². The van der Waals surface area contributed by atoms with Crippen LogP contribution >= 0.6 is 11.8 Å². The number of benzene rings is 4. The van der Waals surface area contributed by atoms with Gasteiger partial charge in [-0.2, -0.15) is 0 Å². The number of thioether (sulfide) groups is 1. The number of anilines is 2. The van der Waals surface area contributed by atoms with Crippen molar-refractivity contribution in [2.45, 2.75) is 24.7 Å². The number of amides is 3. The first-order chi connectivity index (χ1) is 23.3. The number of nitrogens with one attached hydrogen (secondary N) is 3. The Hall–Kier alpha value is -5.42. The van der Waals surface area contributed by atoms with Crippen molar-refractivity contribution >= 4 is 46.9 Å². The smallest absolute Gasteiger partial charge is 0.272 e. The summed E-state index contributed by atoms with van der Waals surface area (Å²) in [6.45, 7) is 2.77. The van der Waals surface area contributed by atoms with Crippen molar-refractivity contribution in [2.75, 3.05) is 44.3 Å². The molecule has 4 rings (SSSR count). The minimum Gasteiger partial charge on any atom is -0.496 e. The van der Waals surface area contributed by atoms with E-state index < -0.39 is 11.8 Å². The lowest BCUT2D eigenvalue weighted by atomic mass is 10.1. The molecule has 0 bridgehead atoms. The largest absolute Gasteiger partial charge is 0.496 e. The molecule has 0 fully saturated rings. The first kappa shape index (κ1) is 35.4. The van der Waals surface area contributed by atoms with Crippen LogP contribution in [0.4, 0.5) is 11.4 Å². The molecule has 10 nitrogen and oxygen atoms in total.